The molecule has 0 aromatic rings. The summed E-state index contributed by atoms with van der Waals surface area (Å²) in [4.78, 5) is 0. The molecule has 0 N–H and O–H groups in total. The summed E-state index contributed by atoms with van der Waals surface area (Å²) in [6.07, 6.45) is 11.4. The zero-order valence-corrected chi connectivity index (χ0v) is 10.6. The summed E-state index contributed by atoms with van der Waals surface area (Å²) in [5.74, 6) is 2.55. The summed E-state index contributed by atoms with van der Waals surface area (Å²) in [5.41, 5.74) is 2.00. The maximum absolute atomic E-state index is 2.50. The summed E-state index contributed by atoms with van der Waals surface area (Å²) >= 11 is 0. The van der Waals surface area contributed by atoms with Crippen molar-refractivity contribution in [3.05, 3.63) is 23.8 Å². The Morgan fingerprint density at radius 3 is 2.80 bits per heavy atom. The Hall–Kier alpha value is -0.520. The maximum atomic E-state index is 2.50. The van der Waals surface area contributed by atoms with Crippen LogP contribution in [0.25, 0.3) is 0 Å². The summed E-state index contributed by atoms with van der Waals surface area (Å²) < 4.78 is 0. The van der Waals surface area contributed by atoms with Crippen LogP contribution in [0, 0.1) is 23.2 Å². The standard InChI is InChI=1S/C15H24/c1-11(2)13-8-10-15(4)9-7-12(3)5-6-14(13)15/h5-7,11,13-14H,8-10H2,1-4H3. The fourth-order valence-electron chi connectivity index (χ4n) is 3.44. The molecule has 0 spiro atoms. The van der Waals surface area contributed by atoms with E-state index in [1.807, 2.05) is 0 Å². The van der Waals surface area contributed by atoms with Crippen LogP contribution in [-0.2, 0) is 0 Å². The normalized spacial score (nSPS) is 40.2. The van der Waals surface area contributed by atoms with E-state index in [9.17, 15) is 0 Å². The molecule has 1 saturated carbocycles. The Labute approximate surface area is 94.5 Å². The van der Waals surface area contributed by atoms with Crippen LogP contribution in [0.15, 0.2) is 23.8 Å². The molecular formula is C15H24. The first-order valence-electron chi connectivity index (χ1n) is 6.38. The molecule has 2 aliphatic carbocycles. The van der Waals surface area contributed by atoms with Gasteiger partial charge in [0.2, 0.25) is 0 Å². The lowest BCUT2D eigenvalue weighted by Gasteiger charge is -2.32. The van der Waals surface area contributed by atoms with Gasteiger partial charge < -0.3 is 0 Å². The van der Waals surface area contributed by atoms with E-state index < -0.39 is 0 Å². The van der Waals surface area contributed by atoms with Gasteiger partial charge in [-0.3, -0.25) is 0 Å². The molecule has 2 rings (SSSR count). The first-order chi connectivity index (χ1) is 7.03. The van der Waals surface area contributed by atoms with Crippen LogP contribution in [0.3, 0.4) is 0 Å². The van der Waals surface area contributed by atoms with Gasteiger partial charge in [-0.05, 0) is 49.4 Å². The van der Waals surface area contributed by atoms with Crippen LogP contribution >= 0.6 is 0 Å². The highest BCUT2D eigenvalue weighted by Gasteiger charge is 2.44. The maximum Gasteiger partial charge on any atom is -0.0143 e. The molecule has 0 nitrogen and oxygen atoms in total. The zero-order chi connectivity index (χ0) is 11.1. The third-order valence-electron chi connectivity index (χ3n) is 4.63. The van der Waals surface area contributed by atoms with Gasteiger partial charge in [0.1, 0.15) is 0 Å². The van der Waals surface area contributed by atoms with E-state index in [-0.39, 0.29) is 0 Å². The molecule has 3 atom stereocenters. The lowest BCUT2D eigenvalue weighted by molar-refractivity contribution is 0.217. The van der Waals surface area contributed by atoms with Gasteiger partial charge in [-0.1, -0.05) is 44.6 Å². The van der Waals surface area contributed by atoms with E-state index >= 15 is 0 Å². The highest BCUT2D eigenvalue weighted by Crippen LogP contribution is 2.53. The number of allylic oxidation sites excluding steroid dienone is 4. The molecule has 1 fully saturated rings. The second-order valence-corrected chi connectivity index (χ2v) is 6.14. The number of fused-ring (bicyclic) bond motifs is 1. The van der Waals surface area contributed by atoms with Gasteiger partial charge in [-0.15, -0.1) is 0 Å². The van der Waals surface area contributed by atoms with E-state index in [4.69, 9.17) is 0 Å². The minimum absolute atomic E-state index is 0.545. The second kappa shape index (κ2) is 3.81. The summed E-state index contributed by atoms with van der Waals surface area (Å²) in [6.45, 7) is 9.48. The van der Waals surface area contributed by atoms with Crippen LogP contribution in [0.1, 0.15) is 47.0 Å². The van der Waals surface area contributed by atoms with Gasteiger partial charge in [0.15, 0.2) is 0 Å². The first-order valence-corrected chi connectivity index (χ1v) is 6.38. The molecular weight excluding hydrogens is 180 g/mol. The monoisotopic (exact) mass is 204 g/mol. The van der Waals surface area contributed by atoms with Crippen molar-refractivity contribution in [2.24, 2.45) is 23.2 Å². The molecule has 0 saturated heterocycles. The van der Waals surface area contributed by atoms with Crippen LogP contribution in [-0.4, -0.2) is 0 Å². The van der Waals surface area contributed by atoms with Gasteiger partial charge in [-0.2, -0.15) is 0 Å². The van der Waals surface area contributed by atoms with E-state index in [1.54, 1.807) is 0 Å². The van der Waals surface area contributed by atoms with Crippen molar-refractivity contribution in [2.75, 3.05) is 0 Å². The molecule has 0 bridgehead atoms. The minimum Gasteiger partial charge on any atom is -0.0810 e. The molecule has 0 aromatic carbocycles. The lowest BCUT2D eigenvalue weighted by Crippen LogP contribution is -2.24. The van der Waals surface area contributed by atoms with Crippen molar-refractivity contribution in [3.8, 4) is 0 Å². The van der Waals surface area contributed by atoms with Crippen molar-refractivity contribution >= 4 is 0 Å². The highest BCUT2D eigenvalue weighted by atomic mass is 14.5. The van der Waals surface area contributed by atoms with Crippen molar-refractivity contribution in [2.45, 2.75) is 47.0 Å². The molecule has 0 amide bonds. The summed E-state index contributed by atoms with van der Waals surface area (Å²) in [5, 5.41) is 0. The lowest BCUT2D eigenvalue weighted by atomic mass is 9.73. The highest BCUT2D eigenvalue weighted by molar-refractivity contribution is 5.23. The van der Waals surface area contributed by atoms with Crippen molar-refractivity contribution in [1.29, 1.82) is 0 Å². The number of rotatable bonds is 1. The number of hydrogen-bond donors (Lipinski definition) is 0. The molecule has 84 valence electrons. The van der Waals surface area contributed by atoms with Crippen molar-refractivity contribution < 1.29 is 0 Å². The minimum atomic E-state index is 0.545. The first kappa shape index (κ1) is 11.0. The predicted octanol–water partition coefficient (Wildman–Crippen LogP) is 4.58. The topological polar surface area (TPSA) is 0 Å². The SMILES string of the molecule is CC1=CCC2(C)CCC(C(C)C)C2C=C1. The molecule has 0 heterocycles. The summed E-state index contributed by atoms with van der Waals surface area (Å²) in [7, 11) is 0. The molecule has 3 unspecified atom stereocenters. The van der Waals surface area contributed by atoms with Crippen LogP contribution in [0.5, 0.6) is 0 Å². The number of hydrogen-bond acceptors (Lipinski definition) is 0. The van der Waals surface area contributed by atoms with Gasteiger partial charge in [0.05, 0.1) is 0 Å². The Morgan fingerprint density at radius 1 is 1.40 bits per heavy atom. The molecule has 0 heteroatoms. The van der Waals surface area contributed by atoms with Crippen molar-refractivity contribution in [3.63, 3.8) is 0 Å². The van der Waals surface area contributed by atoms with Crippen molar-refractivity contribution in [1.82, 2.24) is 0 Å². The third-order valence-corrected chi connectivity index (χ3v) is 4.63. The Kier molecular flexibility index (Phi) is 2.79. The average Bonchev–Trinajstić information content (AvgIpc) is 2.43. The average molecular weight is 204 g/mol. The fourth-order valence-corrected chi connectivity index (χ4v) is 3.44. The predicted molar refractivity (Wildman–Crippen MR) is 66.7 cm³/mol. The van der Waals surface area contributed by atoms with E-state index in [2.05, 4.69) is 45.9 Å². The second-order valence-electron chi connectivity index (χ2n) is 6.14. The van der Waals surface area contributed by atoms with Crippen LogP contribution in [0.4, 0.5) is 0 Å². The smallest absolute Gasteiger partial charge is 0.0143 e. The van der Waals surface area contributed by atoms with Crippen LogP contribution in [0.2, 0.25) is 0 Å². The molecule has 0 aliphatic heterocycles. The zero-order valence-electron chi connectivity index (χ0n) is 10.6. The molecule has 0 radical (unpaired) electrons. The molecule has 0 aromatic heterocycles. The van der Waals surface area contributed by atoms with Crippen LogP contribution < -0.4 is 0 Å². The molecule has 2 aliphatic rings. The summed E-state index contributed by atoms with van der Waals surface area (Å²) in [6, 6.07) is 0. The van der Waals surface area contributed by atoms with Gasteiger partial charge in [0, 0.05) is 0 Å². The van der Waals surface area contributed by atoms with Gasteiger partial charge >= 0.3 is 0 Å². The van der Waals surface area contributed by atoms with Gasteiger partial charge in [-0.25, -0.2) is 0 Å². The van der Waals surface area contributed by atoms with E-state index in [0.717, 1.165) is 17.8 Å². The molecule has 15 heavy (non-hydrogen) atoms. The quantitative estimate of drug-likeness (QED) is 0.586. The van der Waals surface area contributed by atoms with E-state index in [0.29, 0.717) is 5.41 Å². The Morgan fingerprint density at radius 2 is 2.13 bits per heavy atom. The largest absolute Gasteiger partial charge is 0.0810 e. The fraction of sp³-hybridized carbons (Fsp3) is 0.733. The van der Waals surface area contributed by atoms with E-state index in [1.165, 1.54) is 24.8 Å². The van der Waals surface area contributed by atoms with Gasteiger partial charge in [0.25, 0.3) is 0 Å². The third kappa shape index (κ3) is 1.91. The Bertz CT molecular complexity index is 295. The Balaban J connectivity index is 2.26.